The van der Waals surface area contributed by atoms with Crippen LogP contribution in [0.2, 0.25) is 0 Å². The summed E-state index contributed by atoms with van der Waals surface area (Å²) in [5.74, 6) is 0.0390. The van der Waals surface area contributed by atoms with Crippen LogP contribution < -0.4 is 0 Å². The van der Waals surface area contributed by atoms with Crippen molar-refractivity contribution in [3.8, 4) is 0 Å². The highest BCUT2D eigenvalue weighted by molar-refractivity contribution is 7.20. The molecule has 1 aliphatic heterocycles. The van der Waals surface area contributed by atoms with E-state index in [0.29, 0.717) is 5.01 Å². The van der Waals surface area contributed by atoms with E-state index in [0.717, 1.165) is 41.7 Å². The Kier molecular flexibility index (Phi) is 3.61. The third-order valence-corrected chi connectivity index (χ3v) is 5.47. The van der Waals surface area contributed by atoms with Crippen LogP contribution in [0.5, 0.6) is 0 Å². The largest absolute Gasteiger partial charge is 0.328 e. The first-order chi connectivity index (χ1) is 11.2. The van der Waals surface area contributed by atoms with Crippen molar-refractivity contribution in [1.29, 1.82) is 0 Å². The Morgan fingerprint density at radius 1 is 1.26 bits per heavy atom. The number of carbonyl (C=O) groups is 1. The van der Waals surface area contributed by atoms with Gasteiger partial charge in [-0.1, -0.05) is 12.1 Å². The van der Waals surface area contributed by atoms with Crippen LogP contribution >= 0.6 is 11.3 Å². The SMILES string of the molecule is Cn1nccc1C1CCCCN1C(=O)c1nc2ccccc2s1. The Hall–Kier alpha value is -2.21. The zero-order valence-corrected chi connectivity index (χ0v) is 13.8. The maximum absolute atomic E-state index is 13.0. The van der Waals surface area contributed by atoms with Crippen molar-refractivity contribution in [2.24, 2.45) is 7.05 Å². The molecule has 1 aromatic carbocycles. The lowest BCUT2D eigenvalue weighted by atomic mass is 9.99. The van der Waals surface area contributed by atoms with E-state index in [4.69, 9.17) is 0 Å². The van der Waals surface area contributed by atoms with Crippen molar-refractivity contribution in [1.82, 2.24) is 19.7 Å². The summed E-state index contributed by atoms with van der Waals surface area (Å²) in [6, 6.07) is 10.0. The Labute approximate surface area is 138 Å². The molecular formula is C17H18N4OS. The van der Waals surface area contributed by atoms with Gasteiger partial charge in [-0.2, -0.15) is 5.10 Å². The predicted molar refractivity (Wildman–Crippen MR) is 90.5 cm³/mol. The van der Waals surface area contributed by atoms with Crippen LogP contribution in [0, 0.1) is 0 Å². The smallest absolute Gasteiger partial charge is 0.283 e. The third-order valence-electron chi connectivity index (χ3n) is 4.44. The van der Waals surface area contributed by atoms with Gasteiger partial charge in [0.15, 0.2) is 5.01 Å². The minimum atomic E-state index is 0.0390. The highest BCUT2D eigenvalue weighted by atomic mass is 32.1. The van der Waals surface area contributed by atoms with Crippen molar-refractivity contribution in [2.45, 2.75) is 25.3 Å². The van der Waals surface area contributed by atoms with Crippen LogP contribution in [0.15, 0.2) is 36.5 Å². The number of likely N-dealkylation sites (tertiary alicyclic amines) is 1. The molecule has 1 amide bonds. The van der Waals surface area contributed by atoms with Crippen LogP contribution in [0.4, 0.5) is 0 Å². The summed E-state index contributed by atoms with van der Waals surface area (Å²) in [5.41, 5.74) is 1.99. The standard InChI is InChI=1S/C17H18N4OS/c1-20-13(9-10-18-20)14-7-4-5-11-21(14)17(22)16-19-12-6-2-3-8-15(12)23-16/h2-3,6,8-10,14H,4-5,7,11H2,1H3. The lowest BCUT2D eigenvalue weighted by Crippen LogP contribution is -2.39. The molecular weight excluding hydrogens is 308 g/mol. The maximum atomic E-state index is 13.0. The number of aryl methyl sites for hydroxylation is 1. The summed E-state index contributed by atoms with van der Waals surface area (Å²) < 4.78 is 2.93. The second-order valence-corrected chi connectivity index (χ2v) is 6.91. The molecule has 0 saturated carbocycles. The molecule has 118 valence electrons. The van der Waals surface area contributed by atoms with Crippen LogP contribution in [-0.2, 0) is 7.05 Å². The molecule has 1 unspecified atom stereocenters. The van der Waals surface area contributed by atoms with Gasteiger partial charge in [-0.25, -0.2) is 4.98 Å². The van der Waals surface area contributed by atoms with Gasteiger partial charge in [-0.3, -0.25) is 9.48 Å². The molecule has 23 heavy (non-hydrogen) atoms. The number of piperidine rings is 1. The number of fused-ring (bicyclic) bond motifs is 1. The number of hydrogen-bond acceptors (Lipinski definition) is 4. The zero-order valence-electron chi connectivity index (χ0n) is 13.0. The number of benzene rings is 1. The number of carbonyl (C=O) groups excluding carboxylic acids is 1. The summed E-state index contributed by atoms with van der Waals surface area (Å²) in [6.45, 7) is 0.782. The van der Waals surface area contributed by atoms with Crippen molar-refractivity contribution in [3.05, 3.63) is 47.2 Å². The predicted octanol–water partition coefficient (Wildman–Crippen LogP) is 3.40. The molecule has 0 bridgehead atoms. The Balaban J connectivity index is 1.68. The summed E-state index contributed by atoms with van der Waals surface area (Å²) >= 11 is 1.48. The number of hydrogen-bond donors (Lipinski definition) is 0. The highest BCUT2D eigenvalue weighted by Crippen LogP contribution is 2.33. The van der Waals surface area contributed by atoms with E-state index in [1.165, 1.54) is 11.3 Å². The van der Waals surface area contributed by atoms with Crippen LogP contribution in [0.1, 0.15) is 40.8 Å². The van der Waals surface area contributed by atoms with E-state index in [9.17, 15) is 4.79 Å². The van der Waals surface area contributed by atoms with Gasteiger partial charge in [0.25, 0.3) is 5.91 Å². The monoisotopic (exact) mass is 326 g/mol. The van der Waals surface area contributed by atoms with E-state index < -0.39 is 0 Å². The van der Waals surface area contributed by atoms with Gasteiger partial charge < -0.3 is 4.90 Å². The van der Waals surface area contributed by atoms with E-state index in [1.807, 2.05) is 47.0 Å². The van der Waals surface area contributed by atoms with Crippen LogP contribution in [0.3, 0.4) is 0 Å². The molecule has 0 radical (unpaired) electrons. The number of nitrogens with zero attached hydrogens (tertiary/aromatic N) is 4. The first-order valence-electron chi connectivity index (χ1n) is 7.88. The third kappa shape index (κ3) is 2.53. The topological polar surface area (TPSA) is 51.0 Å². The fraction of sp³-hybridized carbons (Fsp3) is 0.353. The van der Waals surface area contributed by atoms with Gasteiger partial charge in [-0.05, 0) is 37.5 Å². The average Bonchev–Trinajstić information content (AvgIpc) is 3.20. The van der Waals surface area contributed by atoms with E-state index in [-0.39, 0.29) is 11.9 Å². The molecule has 0 spiro atoms. The first-order valence-corrected chi connectivity index (χ1v) is 8.70. The Morgan fingerprint density at radius 2 is 2.13 bits per heavy atom. The number of aromatic nitrogens is 3. The molecule has 1 atom stereocenters. The Morgan fingerprint density at radius 3 is 2.91 bits per heavy atom. The molecule has 5 nitrogen and oxygen atoms in total. The molecule has 1 aliphatic rings. The first kappa shape index (κ1) is 14.4. The van der Waals surface area contributed by atoms with E-state index in [2.05, 4.69) is 10.1 Å². The fourth-order valence-electron chi connectivity index (χ4n) is 3.28. The molecule has 4 rings (SSSR count). The summed E-state index contributed by atoms with van der Waals surface area (Å²) in [6.07, 6.45) is 4.96. The van der Waals surface area contributed by atoms with Gasteiger partial charge in [0.2, 0.25) is 0 Å². The molecule has 3 heterocycles. The lowest BCUT2D eigenvalue weighted by Gasteiger charge is -2.35. The normalized spacial score (nSPS) is 18.5. The molecule has 0 N–H and O–H groups in total. The van der Waals surface area contributed by atoms with Crippen molar-refractivity contribution >= 4 is 27.5 Å². The Bertz CT molecular complexity index is 820. The minimum Gasteiger partial charge on any atom is -0.328 e. The van der Waals surface area contributed by atoms with E-state index >= 15 is 0 Å². The van der Waals surface area contributed by atoms with Crippen LogP contribution in [-0.4, -0.2) is 32.1 Å². The maximum Gasteiger partial charge on any atom is 0.283 e. The molecule has 1 saturated heterocycles. The lowest BCUT2D eigenvalue weighted by molar-refractivity contribution is 0.0601. The van der Waals surface area contributed by atoms with E-state index in [1.54, 1.807) is 6.20 Å². The van der Waals surface area contributed by atoms with Gasteiger partial charge in [0.1, 0.15) is 0 Å². The summed E-state index contributed by atoms with van der Waals surface area (Å²) in [5, 5.41) is 4.84. The summed E-state index contributed by atoms with van der Waals surface area (Å²) in [7, 11) is 1.93. The number of para-hydroxylation sites is 1. The molecule has 6 heteroatoms. The quantitative estimate of drug-likeness (QED) is 0.725. The fourth-order valence-corrected chi connectivity index (χ4v) is 4.20. The van der Waals surface area contributed by atoms with Gasteiger partial charge in [0.05, 0.1) is 22.0 Å². The second kappa shape index (κ2) is 5.77. The number of thiazole rings is 1. The number of rotatable bonds is 2. The van der Waals surface area contributed by atoms with Gasteiger partial charge in [-0.15, -0.1) is 11.3 Å². The van der Waals surface area contributed by atoms with Gasteiger partial charge in [0, 0.05) is 19.8 Å². The molecule has 0 aliphatic carbocycles. The van der Waals surface area contributed by atoms with Crippen molar-refractivity contribution in [3.63, 3.8) is 0 Å². The van der Waals surface area contributed by atoms with Gasteiger partial charge >= 0.3 is 0 Å². The second-order valence-electron chi connectivity index (χ2n) is 5.88. The number of amides is 1. The summed E-state index contributed by atoms with van der Waals surface area (Å²) in [4.78, 5) is 19.5. The molecule has 3 aromatic rings. The minimum absolute atomic E-state index is 0.0390. The highest BCUT2D eigenvalue weighted by Gasteiger charge is 2.31. The molecule has 2 aromatic heterocycles. The van der Waals surface area contributed by atoms with Crippen LogP contribution in [0.25, 0.3) is 10.2 Å². The zero-order chi connectivity index (χ0) is 15.8. The van der Waals surface area contributed by atoms with Crippen molar-refractivity contribution < 1.29 is 4.79 Å². The average molecular weight is 326 g/mol. The van der Waals surface area contributed by atoms with Crippen molar-refractivity contribution in [2.75, 3.05) is 6.54 Å². The molecule has 1 fully saturated rings.